The van der Waals surface area contributed by atoms with E-state index in [1.807, 2.05) is 0 Å². The van der Waals surface area contributed by atoms with Gasteiger partial charge in [-0.15, -0.1) is 0 Å². The Labute approximate surface area is 178 Å². The lowest BCUT2D eigenvalue weighted by Gasteiger charge is -2.11. The van der Waals surface area contributed by atoms with Crippen molar-refractivity contribution >= 4 is 40.6 Å². The Bertz CT molecular complexity index is 947. The molecule has 0 N–H and O–H groups in total. The normalized spacial score (nSPS) is 15.4. The monoisotopic (exact) mass is 433 g/mol. The van der Waals surface area contributed by atoms with E-state index in [1.165, 1.54) is 11.0 Å². The minimum atomic E-state index is -0.338. The van der Waals surface area contributed by atoms with Gasteiger partial charge in [0.15, 0.2) is 0 Å². The fourth-order valence-corrected chi connectivity index (χ4v) is 3.97. The van der Waals surface area contributed by atoms with Gasteiger partial charge < -0.3 is 4.74 Å². The minimum Gasteiger partial charge on any atom is -0.487 e. The number of hydrogen-bond donors (Lipinski definition) is 0. The molecule has 7 heteroatoms. The molecule has 1 aliphatic rings. The van der Waals surface area contributed by atoms with Crippen LogP contribution in [0.2, 0.25) is 5.02 Å². The first-order valence-corrected chi connectivity index (χ1v) is 10.6. The number of halogens is 2. The fourth-order valence-electron chi connectivity index (χ4n) is 2.86. The lowest BCUT2D eigenvalue weighted by atomic mass is 10.2. The summed E-state index contributed by atoms with van der Waals surface area (Å²) in [5, 5.41) is 0.102. The summed E-state index contributed by atoms with van der Waals surface area (Å²) < 4.78 is 19.3. The molecule has 1 aliphatic heterocycles. The Kier molecular flexibility index (Phi) is 7.34. The zero-order chi connectivity index (χ0) is 20.8. The van der Waals surface area contributed by atoms with Crippen LogP contribution >= 0.6 is 23.4 Å². The smallest absolute Gasteiger partial charge is 0.293 e. The quantitative estimate of drug-likeness (QED) is 0.363. The van der Waals surface area contributed by atoms with Crippen molar-refractivity contribution in [3.63, 3.8) is 0 Å². The highest BCUT2D eigenvalue weighted by molar-refractivity contribution is 8.18. The standard InChI is InChI=1S/C22H21ClFNO3S/c1-2-3-6-11-25-21(26)20(29-22(25)27)13-15-9-10-19(17(23)12-15)28-14-16-7-4-5-8-18(16)24/h4-5,7-10,12-13H,2-3,6,11,14H2,1H3/b20-13-. The van der Waals surface area contributed by atoms with Crippen LogP contribution in [0.3, 0.4) is 0 Å². The molecule has 1 saturated heterocycles. The van der Waals surface area contributed by atoms with E-state index >= 15 is 0 Å². The highest BCUT2D eigenvalue weighted by Gasteiger charge is 2.34. The molecule has 1 heterocycles. The van der Waals surface area contributed by atoms with Crippen molar-refractivity contribution in [2.24, 2.45) is 0 Å². The summed E-state index contributed by atoms with van der Waals surface area (Å²) in [6.07, 6.45) is 4.46. The third-order valence-electron chi connectivity index (χ3n) is 4.45. The number of carbonyl (C=O) groups excluding carboxylic acids is 2. The second-order valence-corrected chi connectivity index (χ2v) is 8.01. The number of benzene rings is 2. The van der Waals surface area contributed by atoms with Crippen molar-refractivity contribution in [1.82, 2.24) is 4.90 Å². The molecule has 0 radical (unpaired) electrons. The molecule has 4 nitrogen and oxygen atoms in total. The Balaban J connectivity index is 1.67. The molecule has 0 bridgehead atoms. The zero-order valence-electron chi connectivity index (χ0n) is 16.0. The Morgan fingerprint density at radius 3 is 2.69 bits per heavy atom. The summed E-state index contributed by atoms with van der Waals surface area (Å²) in [4.78, 5) is 26.2. The van der Waals surface area contributed by atoms with E-state index in [0.717, 1.165) is 31.0 Å². The maximum absolute atomic E-state index is 13.7. The van der Waals surface area contributed by atoms with Gasteiger partial charge >= 0.3 is 0 Å². The van der Waals surface area contributed by atoms with Crippen LogP contribution in [-0.4, -0.2) is 22.6 Å². The van der Waals surface area contributed by atoms with Crippen molar-refractivity contribution < 1.29 is 18.7 Å². The van der Waals surface area contributed by atoms with Gasteiger partial charge in [0.2, 0.25) is 0 Å². The molecule has 0 aliphatic carbocycles. The molecule has 0 unspecified atom stereocenters. The van der Waals surface area contributed by atoms with Crippen molar-refractivity contribution in [3.8, 4) is 5.75 Å². The van der Waals surface area contributed by atoms with E-state index in [2.05, 4.69) is 6.92 Å². The fraction of sp³-hybridized carbons (Fsp3) is 0.273. The van der Waals surface area contributed by atoms with Crippen LogP contribution in [0.1, 0.15) is 37.3 Å². The van der Waals surface area contributed by atoms with Crippen molar-refractivity contribution in [2.75, 3.05) is 6.54 Å². The van der Waals surface area contributed by atoms with Gasteiger partial charge in [-0.1, -0.05) is 55.6 Å². The Hall–Kier alpha value is -2.31. The minimum absolute atomic E-state index is 0.0579. The third-order valence-corrected chi connectivity index (χ3v) is 5.66. The predicted molar refractivity (Wildman–Crippen MR) is 114 cm³/mol. The van der Waals surface area contributed by atoms with Crippen LogP contribution in [0, 0.1) is 5.82 Å². The number of unbranched alkanes of at least 4 members (excludes halogenated alkanes) is 2. The van der Waals surface area contributed by atoms with Crippen molar-refractivity contribution in [1.29, 1.82) is 0 Å². The van der Waals surface area contributed by atoms with E-state index in [1.54, 1.807) is 42.5 Å². The number of carbonyl (C=O) groups is 2. The van der Waals surface area contributed by atoms with Gasteiger partial charge in [-0.25, -0.2) is 4.39 Å². The van der Waals surface area contributed by atoms with Crippen molar-refractivity contribution in [2.45, 2.75) is 32.8 Å². The highest BCUT2D eigenvalue weighted by Crippen LogP contribution is 2.34. The number of imide groups is 1. The molecule has 0 aromatic heterocycles. The van der Waals surface area contributed by atoms with Crippen LogP contribution in [0.25, 0.3) is 6.08 Å². The summed E-state index contributed by atoms with van der Waals surface area (Å²) in [7, 11) is 0. The number of amides is 2. The SMILES string of the molecule is CCCCCN1C(=O)S/C(=C\c2ccc(OCc3ccccc3F)c(Cl)c2)C1=O. The Morgan fingerprint density at radius 2 is 1.97 bits per heavy atom. The lowest BCUT2D eigenvalue weighted by molar-refractivity contribution is -0.122. The second kappa shape index (κ2) is 9.94. The molecule has 0 saturated carbocycles. The van der Waals surface area contributed by atoms with Gasteiger partial charge in [0.05, 0.1) is 9.93 Å². The number of thioether (sulfide) groups is 1. The van der Waals surface area contributed by atoms with Gasteiger partial charge in [0.1, 0.15) is 18.2 Å². The van der Waals surface area contributed by atoms with Gasteiger partial charge in [0, 0.05) is 12.1 Å². The topological polar surface area (TPSA) is 46.6 Å². The van der Waals surface area contributed by atoms with Gasteiger partial charge in [-0.2, -0.15) is 0 Å². The van der Waals surface area contributed by atoms with E-state index in [0.29, 0.717) is 33.3 Å². The van der Waals surface area contributed by atoms with Crippen molar-refractivity contribution in [3.05, 3.63) is 69.3 Å². The second-order valence-electron chi connectivity index (χ2n) is 6.61. The molecule has 152 valence electrons. The molecule has 0 spiro atoms. The predicted octanol–water partition coefficient (Wildman–Crippen LogP) is 6.28. The van der Waals surface area contributed by atoms with Crippen LogP contribution in [-0.2, 0) is 11.4 Å². The van der Waals surface area contributed by atoms with Crippen LogP contribution in [0.5, 0.6) is 5.75 Å². The highest BCUT2D eigenvalue weighted by atomic mass is 35.5. The third kappa shape index (κ3) is 5.40. The summed E-state index contributed by atoms with van der Waals surface area (Å²) in [6, 6.07) is 11.4. The molecular weight excluding hydrogens is 413 g/mol. The van der Waals surface area contributed by atoms with Gasteiger partial charge in [-0.3, -0.25) is 14.5 Å². The molecule has 2 aromatic carbocycles. The number of nitrogens with zero attached hydrogens (tertiary/aromatic N) is 1. The number of ether oxygens (including phenoxy) is 1. The first-order valence-electron chi connectivity index (χ1n) is 9.40. The van der Waals surface area contributed by atoms with E-state index < -0.39 is 0 Å². The van der Waals surface area contributed by atoms with Crippen LogP contribution < -0.4 is 4.74 Å². The van der Waals surface area contributed by atoms with E-state index in [-0.39, 0.29) is 23.6 Å². The Morgan fingerprint density at radius 1 is 1.17 bits per heavy atom. The molecular formula is C22H21ClFNO3S. The maximum Gasteiger partial charge on any atom is 0.293 e. The van der Waals surface area contributed by atoms with Gasteiger partial charge in [0.25, 0.3) is 11.1 Å². The number of rotatable bonds is 8. The molecule has 3 rings (SSSR count). The van der Waals surface area contributed by atoms with Crippen LogP contribution in [0.15, 0.2) is 47.4 Å². The van der Waals surface area contributed by atoms with E-state index in [9.17, 15) is 14.0 Å². The molecule has 29 heavy (non-hydrogen) atoms. The summed E-state index contributed by atoms with van der Waals surface area (Å²) in [6.45, 7) is 2.57. The summed E-state index contributed by atoms with van der Waals surface area (Å²) in [5.41, 5.74) is 1.12. The molecule has 2 aromatic rings. The molecule has 0 atom stereocenters. The average Bonchev–Trinajstić information content (AvgIpc) is 2.96. The molecule has 2 amide bonds. The van der Waals surface area contributed by atoms with Gasteiger partial charge in [-0.05, 0) is 48.0 Å². The first-order chi connectivity index (χ1) is 14.0. The first kappa shape index (κ1) is 21.4. The summed E-state index contributed by atoms with van der Waals surface area (Å²) in [5.74, 6) is -0.193. The lowest BCUT2D eigenvalue weighted by Crippen LogP contribution is -2.29. The van der Waals surface area contributed by atoms with Crippen LogP contribution in [0.4, 0.5) is 9.18 Å². The zero-order valence-corrected chi connectivity index (χ0v) is 17.6. The van der Waals surface area contributed by atoms with E-state index in [4.69, 9.17) is 16.3 Å². The average molecular weight is 434 g/mol. The number of hydrogen-bond acceptors (Lipinski definition) is 4. The maximum atomic E-state index is 13.7. The molecule has 1 fully saturated rings. The summed E-state index contributed by atoms with van der Waals surface area (Å²) >= 11 is 7.22. The largest absolute Gasteiger partial charge is 0.487 e.